The average Bonchev–Trinajstić information content (AvgIpc) is 2.67. The van der Waals surface area contributed by atoms with E-state index in [-0.39, 0.29) is 5.56 Å². The van der Waals surface area contributed by atoms with Gasteiger partial charge < -0.3 is 5.73 Å². The minimum atomic E-state index is -0.289. The van der Waals surface area contributed by atoms with Gasteiger partial charge in [0.05, 0.1) is 23.2 Å². The molecular formula is C17H16ClN3O2. The molecule has 0 radical (unpaired) electrons. The molecule has 2 aromatic carbocycles. The van der Waals surface area contributed by atoms with Gasteiger partial charge in [-0.3, -0.25) is 15.1 Å². The van der Waals surface area contributed by atoms with Crippen LogP contribution >= 0.6 is 11.6 Å². The van der Waals surface area contributed by atoms with E-state index in [4.69, 9.17) is 22.2 Å². The average molecular weight is 330 g/mol. The Morgan fingerprint density at radius 2 is 1.91 bits per heavy atom. The van der Waals surface area contributed by atoms with E-state index in [0.29, 0.717) is 34.8 Å². The zero-order valence-electron chi connectivity index (χ0n) is 12.4. The third-order valence-corrected chi connectivity index (χ3v) is 3.74. The van der Waals surface area contributed by atoms with Crippen LogP contribution in [0.2, 0.25) is 5.02 Å². The second-order valence-corrected chi connectivity index (χ2v) is 5.53. The van der Waals surface area contributed by atoms with Gasteiger partial charge >= 0.3 is 0 Å². The van der Waals surface area contributed by atoms with Crippen molar-refractivity contribution in [2.45, 2.75) is 6.42 Å². The van der Waals surface area contributed by atoms with E-state index in [1.807, 2.05) is 18.2 Å². The molecule has 0 atom stereocenters. The molecule has 0 aliphatic heterocycles. The Kier molecular flexibility index (Phi) is 4.71. The SMILES string of the molecule is NCCCONc1c2cc(Cl)ccc2nc(=O)c2ccccc12. The van der Waals surface area contributed by atoms with E-state index in [9.17, 15) is 4.79 Å². The van der Waals surface area contributed by atoms with Crippen LogP contribution in [0.1, 0.15) is 6.42 Å². The molecule has 3 N–H and O–H groups in total. The highest BCUT2D eigenvalue weighted by molar-refractivity contribution is 6.31. The van der Waals surface area contributed by atoms with Gasteiger partial charge in [0.25, 0.3) is 5.56 Å². The number of aromatic nitrogens is 1. The van der Waals surface area contributed by atoms with Crippen LogP contribution in [0.5, 0.6) is 0 Å². The number of anilines is 1. The molecule has 23 heavy (non-hydrogen) atoms. The smallest absolute Gasteiger partial charge is 0.278 e. The van der Waals surface area contributed by atoms with Crippen LogP contribution in [-0.4, -0.2) is 18.1 Å². The third-order valence-electron chi connectivity index (χ3n) is 3.50. The summed E-state index contributed by atoms with van der Waals surface area (Å²) < 4.78 is 0. The molecule has 0 unspecified atom stereocenters. The number of nitrogens with zero attached hydrogens (tertiary/aromatic N) is 1. The van der Waals surface area contributed by atoms with E-state index >= 15 is 0 Å². The van der Waals surface area contributed by atoms with Crippen LogP contribution in [0, 0.1) is 0 Å². The highest BCUT2D eigenvalue weighted by Gasteiger charge is 2.10. The van der Waals surface area contributed by atoms with Crippen LogP contribution in [0.4, 0.5) is 5.69 Å². The van der Waals surface area contributed by atoms with E-state index in [0.717, 1.165) is 17.2 Å². The summed E-state index contributed by atoms with van der Waals surface area (Å²) in [7, 11) is 0. The molecule has 0 aliphatic carbocycles. The van der Waals surface area contributed by atoms with Crippen molar-refractivity contribution in [3.05, 3.63) is 57.8 Å². The van der Waals surface area contributed by atoms with Gasteiger partial charge in [0.15, 0.2) is 0 Å². The normalized spacial score (nSPS) is 11.0. The van der Waals surface area contributed by atoms with Gasteiger partial charge in [-0.1, -0.05) is 29.8 Å². The van der Waals surface area contributed by atoms with Crippen molar-refractivity contribution in [2.75, 3.05) is 18.6 Å². The molecule has 6 heteroatoms. The summed E-state index contributed by atoms with van der Waals surface area (Å²) >= 11 is 6.12. The van der Waals surface area contributed by atoms with Crippen molar-refractivity contribution in [3.8, 4) is 0 Å². The number of nitrogens with two attached hydrogens (primary N) is 1. The molecule has 0 amide bonds. The molecule has 0 saturated heterocycles. The fourth-order valence-electron chi connectivity index (χ4n) is 2.40. The van der Waals surface area contributed by atoms with Gasteiger partial charge in [0.1, 0.15) is 0 Å². The van der Waals surface area contributed by atoms with Gasteiger partial charge in [-0.2, -0.15) is 0 Å². The molecule has 118 valence electrons. The van der Waals surface area contributed by atoms with Crippen LogP contribution in [0.3, 0.4) is 0 Å². The summed E-state index contributed by atoms with van der Waals surface area (Å²) in [4.78, 5) is 22.1. The van der Waals surface area contributed by atoms with Gasteiger partial charge in [-0.25, -0.2) is 4.98 Å². The van der Waals surface area contributed by atoms with E-state index in [2.05, 4.69) is 10.5 Å². The molecule has 3 aromatic rings. The predicted octanol–water partition coefficient (Wildman–Crippen LogP) is 3.09. The first-order chi connectivity index (χ1) is 11.2. The standard InChI is InChI=1S/C17H16ClN3O2/c18-11-6-7-15-14(10-11)16(21-23-9-3-8-19)12-4-1-2-5-13(12)17(22)20-15/h1-2,4-7,10,21H,3,8-9,19H2. The van der Waals surface area contributed by atoms with Crippen molar-refractivity contribution in [3.63, 3.8) is 0 Å². The van der Waals surface area contributed by atoms with Crippen molar-refractivity contribution < 1.29 is 4.84 Å². The summed E-state index contributed by atoms with van der Waals surface area (Å²) in [6.45, 7) is 1.01. The van der Waals surface area contributed by atoms with Crippen molar-refractivity contribution in [2.24, 2.45) is 5.73 Å². The molecule has 5 nitrogen and oxygen atoms in total. The number of fused-ring (bicyclic) bond motifs is 2. The van der Waals surface area contributed by atoms with E-state index in [1.54, 1.807) is 24.3 Å². The second-order valence-electron chi connectivity index (χ2n) is 5.09. The molecule has 0 spiro atoms. The first kappa shape index (κ1) is 15.7. The number of halogens is 1. The lowest BCUT2D eigenvalue weighted by Gasteiger charge is -2.09. The van der Waals surface area contributed by atoms with Gasteiger partial charge in [-0.05, 0) is 37.2 Å². The molecule has 1 heterocycles. The van der Waals surface area contributed by atoms with Gasteiger partial charge in [0.2, 0.25) is 0 Å². The molecule has 0 bridgehead atoms. The minimum absolute atomic E-state index is 0.289. The van der Waals surface area contributed by atoms with Crippen LogP contribution in [-0.2, 0) is 4.84 Å². The fourth-order valence-corrected chi connectivity index (χ4v) is 2.57. The molecule has 0 aliphatic rings. The summed E-state index contributed by atoms with van der Waals surface area (Å²) in [5, 5.41) is 2.54. The largest absolute Gasteiger partial charge is 0.330 e. The summed E-state index contributed by atoms with van der Waals surface area (Å²) in [5.74, 6) is 0. The second kappa shape index (κ2) is 6.91. The predicted molar refractivity (Wildman–Crippen MR) is 93.8 cm³/mol. The molecule has 0 fully saturated rings. The van der Waals surface area contributed by atoms with E-state index in [1.165, 1.54) is 0 Å². The number of nitrogens with one attached hydrogen (secondary N) is 1. The quantitative estimate of drug-likeness (QED) is 0.555. The molecule has 3 rings (SSSR count). The lowest BCUT2D eigenvalue weighted by molar-refractivity contribution is 0.193. The maximum atomic E-state index is 12.4. The van der Waals surface area contributed by atoms with Crippen molar-refractivity contribution in [1.82, 2.24) is 4.98 Å². The van der Waals surface area contributed by atoms with Gasteiger partial charge in [0, 0.05) is 15.8 Å². The Labute approximate surface area is 138 Å². The molecule has 1 aromatic heterocycles. The molecule has 0 saturated carbocycles. The summed E-state index contributed by atoms with van der Waals surface area (Å²) in [6, 6.07) is 12.5. The first-order valence-electron chi connectivity index (χ1n) is 7.31. The van der Waals surface area contributed by atoms with Crippen LogP contribution in [0.25, 0.3) is 21.7 Å². The Morgan fingerprint density at radius 3 is 2.70 bits per heavy atom. The number of hydrogen-bond donors (Lipinski definition) is 2. The number of hydrogen-bond acceptors (Lipinski definition) is 5. The maximum absolute atomic E-state index is 12.4. The lowest BCUT2D eigenvalue weighted by Crippen LogP contribution is -2.08. The first-order valence-corrected chi connectivity index (χ1v) is 7.68. The highest BCUT2D eigenvalue weighted by atomic mass is 35.5. The lowest BCUT2D eigenvalue weighted by atomic mass is 10.1. The van der Waals surface area contributed by atoms with Crippen LogP contribution < -0.4 is 16.8 Å². The monoisotopic (exact) mass is 329 g/mol. The van der Waals surface area contributed by atoms with E-state index < -0.39 is 0 Å². The maximum Gasteiger partial charge on any atom is 0.278 e. The zero-order chi connectivity index (χ0) is 16.2. The Bertz CT molecular complexity index is 915. The topological polar surface area (TPSA) is 77.2 Å². The van der Waals surface area contributed by atoms with Crippen molar-refractivity contribution in [1.29, 1.82) is 0 Å². The third kappa shape index (κ3) is 3.27. The zero-order valence-corrected chi connectivity index (χ0v) is 13.1. The summed E-state index contributed by atoms with van der Waals surface area (Å²) in [5.41, 5.74) is 9.36. The summed E-state index contributed by atoms with van der Waals surface area (Å²) in [6.07, 6.45) is 0.730. The number of benzene rings is 2. The number of rotatable bonds is 5. The van der Waals surface area contributed by atoms with Crippen LogP contribution in [0.15, 0.2) is 47.3 Å². The Hall–Kier alpha value is -2.21. The highest BCUT2D eigenvalue weighted by Crippen LogP contribution is 2.29. The fraction of sp³-hybridized carbons (Fsp3) is 0.176. The Morgan fingerprint density at radius 1 is 1.13 bits per heavy atom. The minimum Gasteiger partial charge on any atom is -0.330 e. The molecular weight excluding hydrogens is 314 g/mol. The van der Waals surface area contributed by atoms with Gasteiger partial charge in [-0.15, -0.1) is 0 Å². The Balaban J connectivity index is 2.28. The van der Waals surface area contributed by atoms with Crippen molar-refractivity contribution >= 4 is 39.0 Å².